The highest BCUT2D eigenvalue weighted by Gasteiger charge is 2.18. The zero-order chi connectivity index (χ0) is 12.3. The number of piperazine rings is 1. The minimum absolute atomic E-state index is 0. The van der Waals surface area contributed by atoms with Crippen molar-refractivity contribution in [3.05, 3.63) is 28.2 Å². The molecule has 1 aromatic carbocycles. The Morgan fingerprint density at radius 2 is 1.68 bits per heavy atom. The lowest BCUT2D eigenvalue weighted by Crippen LogP contribution is -2.47. The van der Waals surface area contributed by atoms with Gasteiger partial charge >= 0.3 is 0 Å². The Labute approximate surface area is 136 Å². The van der Waals surface area contributed by atoms with Crippen LogP contribution in [-0.4, -0.2) is 44.2 Å². The molecule has 0 aliphatic carbocycles. The fraction of sp³-hybridized carbons (Fsp3) is 0.500. The van der Waals surface area contributed by atoms with Crippen LogP contribution in [-0.2, 0) is 0 Å². The summed E-state index contributed by atoms with van der Waals surface area (Å²) in [7, 11) is 0. The van der Waals surface area contributed by atoms with Crippen molar-refractivity contribution in [1.29, 1.82) is 0 Å². The Balaban J connectivity index is 0.00000162. The number of anilines is 1. The Morgan fingerprint density at radius 1 is 1.05 bits per heavy atom. The summed E-state index contributed by atoms with van der Waals surface area (Å²) in [5.41, 5.74) is 6.59. The third kappa shape index (κ3) is 4.85. The molecule has 0 atom stereocenters. The standard InChI is InChI=1S/C12H17Cl2N3.2ClH/c13-10-2-1-3-11(12(10)14)17-8-6-16(5-4-15)7-9-17;;/h1-3H,4-9,15H2;2*1H. The lowest BCUT2D eigenvalue weighted by molar-refractivity contribution is 0.265. The quantitative estimate of drug-likeness (QED) is 0.913. The van der Waals surface area contributed by atoms with Crippen molar-refractivity contribution in [3.63, 3.8) is 0 Å². The van der Waals surface area contributed by atoms with Gasteiger partial charge in [-0.3, -0.25) is 4.90 Å². The zero-order valence-electron chi connectivity index (χ0n) is 10.5. The SMILES string of the molecule is Cl.Cl.NCCN1CCN(c2cccc(Cl)c2Cl)CC1. The van der Waals surface area contributed by atoms with Crippen molar-refractivity contribution in [2.75, 3.05) is 44.2 Å². The molecule has 1 aromatic rings. The highest BCUT2D eigenvalue weighted by Crippen LogP contribution is 2.32. The van der Waals surface area contributed by atoms with Crippen LogP contribution in [0.3, 0.4) is 0 Å². The predicted octanol–water partition coefficient (Wildman–Crippen LogP) is 2.92. The number of hydrogen-bond donors (Lipinski definition) is 1. The van der Waals surface area contributed by atoms with Crippen LogP contribution in [0.1, 0.15) is 0 Å². The molecule has 1 fully saturated rings. The first-order valence-electron chi connectivity index (χ1n) is 5.83. The van der Waals surface area contributed by atoms with Crippen LogP contribution in [0.25, 0.3) is 0 Å². The molecule has 0 unspecified atom stereocenters. The van der Waals surface area contributed by atoms with Crippen LogP contribution >= 0.6 is 48.0 Å². The number of hydrogen-bond acceptors (Lipinski definition) is 3. The van der Waals surface area contributed by atoms with Gasteiger partial charge in [-0.05, 0) is 12.1 Å². The van der Waals surface area contributed by atoms with Gasteiger partial charge in [-0.15, -0.1) is 24.8 Å². The van der Waals surface area contributed by atoms with E-state index >= 15 is 0 Å². The van der Waals surface area contributed by atoms with Crippen LogP contribution in [0.4, 0.5) is 5.69 Å². The molecule has 1 saturated heterocycles. The fourth-order valence-electron chi connectivity index (χ4n) is 2.13. The zero-order valence-corrected chi connectivity index (χ0v) is 13.7. The maximum absolute atomic E-state index is 6.22. The summed E-state index contributed by atoms with van der Waals surface area (Å²) < 4.78 is 0. The molecule has 2 rings (SSSR count). The first kappa shape index (κ1) is 19.1. The monoisotopic (exact) mass is 345 g/mol. The highest BCUT2D eigenvalue weighted by molar-refractivity contribution is 6.43. The van der Waals surface area contributed by atoms with Gasteiger partial charge in [0.15, 0.2) is 0 Å². The van der Waals surface area contributed by atoms with E-state index < -0.39 is 0 Å². The van der Waals surface area contributed by atoms with Crippen molar-refractivity contribution in [3.8, 4) is 0 Å². The summed E-state index contributed by atoms with van der Waals surface area (Å²) in [6, 6.07) is 5.78. The van der Waals surface area contributed by atoms with Crippen LogP contribution in [0.5, 0.6) is 0 Å². The Kier molecular flexibility index (Phi) is 9.16. The Morgan fingerprint density at radius 3 is 2.26 bits per heavy atom. The number of nitrogens with two attached hydrogens (primary N) is 1. The van der Waals surface area contributed by atoms with Gasteiger partial charge in [0, 0.05) is 39.3 Å². The van der Waals surface area contributed by atoms with Crippen molar-refractivity contribution in [2.24, 2.45) is 5.73 Å². The average Bonchev–Trinajstić information content (AvgIpc) is 2.34. The van der Waals surface area contributed by atoms with E-state index in [0.717, 1.165) is 45.0 Å². The van der Waals surface area contributed by atoms with Gasteiger partial charge in [-0.1, -0.05) is 29.3 Å². The normalized spacial score (nSPS) is 15.6. The van der Waals surface area contributed by atoms with Crippen LogP contribution in [0.2, 0.25) is 10.0 Å². The molecule has 7 heteroatoms. The summed E-state index contributed by atoms with van der Waals surface area (Å²) >= 11 is 12.2. The third-order valence-electron chi connectivity index (χ3n) is 3.09. The van der Waals surface area contributed by atoms with Gasteiger partial charge in [-0.2, -0.15) is 0 Å². The van der Waals surface area contributed by atoms with Crippen LogP contribution < -0.4 is 10.6 Å². The molecule has 1 heterocycles. The number of nitrogens with zero attached hydrogens (tertiary/aromatic N) is 2. The highest BCUT2D eigenvalue weighted by atomic mass is 35.5. The molecule has 0 radical (unpaired) electrons. The van der Waals surface area contributed by atoms with Crippen LogP contribution in [0, 0.1) is 0 Å². The Hall–Kier alpha value is 0.1000. The van der Waals surface area contributed by atoms with Gasteiger partial charge in [-0.25, -0.2) is 0 Å². The van der Waals surface area contributed by atoms with Gasteiger partial charge in [0.05, 0.1) is 15.7 Å². The molecule has 110 valence electrons. The molecule has 1 aliphatic heterocycles. The molecule has 2 N–H and O–H groups in total. The maximum Gasteiger partial charge on any atom is 0.0825 e. The molecule has 19 heavy (non-hydrogen) atoms. The molecule has 0 spiro atoms. The van der Waals surface area contributed by atoms with Gasteiger partial charge in [0.25, 0.3) is 0 Å². The first-order chi connectivity index (χ1) is 8.22. The summed E-state index contributed by atoms with van der Waals surface area (Å²) in [6.07, 6.45) is 0. The number of rotatable bonds is 3. The topological polar surface area (TPSA) is 32.5 Å². The lowest BCUT2D eigenvalue weighted by atomic mass is 10.2. The summed E-state index contributed by atoms with van der Waals surface area (Å²) in [5.74, 6) is 0. The van der Waals surface area contributed by atoms with E-state index in [4.69, 9.17) is 28.9 Å². The smallest absolute Gasteiger partial charge is 0.0825 e. The fourth-order valence-corrected chi connectivity index (χ4v) is 2.55. The molecule has 0 aromatic heterocycles. The molecular weight excluding hydrogens is 328 g/mol. The van der Waals surface area contributed by atoms with E-state index in [9.17, 15) is 0 Å². The third-order valence-corrected chi connectivity index (χ3v) is 3.90. The van der Waals surface area contributed by atoms with Crippen molar-refractivity contribution in [2.45, 2.75) is 0 Å². The average molecular weight is 347 g/mol. The molecular formula is C12H19Cl4N3. The van der Waals surface area contributed by atoms with E-state index in [1.54, 1.807) is 0 Å². The Bertz CT molecular complexity index is 381. The van der Waals surface area contributed by atoms with E-state index in [-0.39, 0.29) is 24.8 Å². The molecule has 0 bridgehead atoms. The van der Waals surface area contributed by atoms with Gasteiger partial charge < -0.3 is 10.6 Å². The molecule has 0 amide bonds. The van der Waals surface area contributed by atoms with Crippen molar-refractivity contribution < 1.29 is 0 Å². The van der Waals surface area contributed by atoms with E-state index in [2.05, 4.69) is 9.80 Å². The second kappa shape index (κ2) is 9.11. The number of halogens is 4. The predicted molar refractivity (Wildman–Crippen MR) is 88.7 cm³/mol. The molecule has 0 saturated carbocycles. The van der Waals surface area contributed by atoms with E-state index in [1.165, 1.54) is 0 Å². The second-order valence-corrected chi connectivity index (χ2v) is 4.98. The summed E-state index contributed by atoms with van der Waals surface area (Å²) in [4.78, 5) is 4.65. The van der Waals surface area contributed by atoms with Crippen molar-refractivity contribution >= 4 is 53.7 Å². The van der Waals surface area contributed by atoms with Crippen LogP contribution in [0.15, 0.2) is 18.2 Å². The number of benzene rings is 1. The largest absolute Gasteiger partial charge is 0.368 e. The lowest BCUT2D eigenvalue weighted by Gasteiger charge is -2.36. The first-order valence-corrected chi connectivity index (χ1v) is 6.59. The maximum atomic E-state index is 6.22. The van der Waals surface area contributed by atoms with Gasteiger partial charge in [0.2, 0.25) is 0 Å². The van der Waals surface area contributed by atoms with E-state index in [0.29, 0.717) is 10.0 Å². The molecule has 1 aliphatic rings. The summed E-state index contributed by atoms with van der Waals surface area (Å²) in [5, 5.41) is 1.27. The minimum Gasteiger partial charge on any atom is -0.368 e. The minimum atomic E-state index is 0. The molecule has 3 nitrogen and oxygen atoms in total. The second-order valence-electron chi connectivity index (χ2n) is 4.19. The van der Waals surface area contributed by atoms with Crippen molar-refractivity contribution in [1.82, 2.24) is 4.90 Å². The summed E-state index contributed by atoms with van der Waals surface area (Å²) in [6.45, 7) is 5.69. The van der Waals surface area contributed by atoms with Gasteiger partial charge in [0.1, 0.15) is 0 Å². The van der Waals surface area contributed by atoms with E-state index in [1.807, 2.05) is 18.2 Å².